The van der Waals surface area contributed by atoms with Crippen molar-refractivity contribution in [2.45, 2.75) is 12.8 Å². The molecule has 0 radical (unpaired) electrons. The Bertz CT molecular complexity index is 835. The fourth-order valence-electron chi connectivity index (χ4n) is 2.82. The Morgan fingerprint density at radius 1 is 1.00 bits per heavy atom. The van der Waals surface area contributed by atoms with Gasteiger partial charge in [0.25, 0.3) is 0 Å². The topological polar surface area (TPSA) is 83.1 Å². The van der Waals surface area contributed by atoms with Crippen molar-refractivity contribution >= 4 is 17.6 Å². The molecule has 1 aliphatic heterocycles. The number of methoxy groups -OCH3 is 1. The first-order valence-corrected chi connectivity index (χ1v) is 9.11. The number of para-hydroxylation sites is 1. The van der Waals surface area contributed by atoms with E-state index in [1.165, 1.54) is 0 Å². The van der Waals surface area contributed by atoms with E-state index in [4.69, 9.17) is 18.9 Å². The van der Waals surface area contributed by atoms with E-state index in [0.29, 0.717) is 43.1 Å². The summed E-state index contributed by atoms with van der Waals surface area (Å²) in [6.07, 6.45) is 1.16. The molecular formula is C21H23NO6. The minimum absolute atomic E-state index is 0.0274. The van der Waals surface area contributed by atoms with Crippen molar-refractivity contribution in [2.24, 2.45) is 0 Å². The second-order valence-corrected chi connectivity index (χ2v) is 6.19. The van der Waals surface area contributed by atoms with E-state index in [1.807, 2.05) is 12.1 Å². The molecule has 1 aliphatic rings. The van der Waals surface area contributed by atoms with Crippen molar-refractivity contribution in [2.75, 3.05) is 38.9 Å². The number of hydrogen-bond acceptors (Lipinski definition) is 6. The highest BCUT2D eigenvalue weighted by Gasteiger charge is 2.16. The molecule has 148 valence electrons. The van der Waals surface area contributed by atoms with Crippen LogP contribution >= 0.6 is 0 Å². The van der Waals surface area contributed by atoms with Crippen LogP contribution in [0.4, 0.5) is 5.69 Å². The second kappa shape index (κ2) is 9.75. The number of carbonyl (C=O) groups is 2. The fraction of sp³-hybridized carbons (Fsp3) is 0.333. The molecule has 1 heterocycles. The van der Waals surface area contributed by atoms with E-state index >= 15 is 0 Å². The highest BCUT2D eigenvalue weighted by molar-refractivity contribution is 5.94. The van der Waals surface area contributed by atoms with Gasteiger partial charge in [-0.15, -0.1) is 0 Å². The maximum atomic E-state index is 12.3. The van der Waals surface area contributed by atoms with Gasteiger partial charge < -0.3 is 24.3 Å². The summed E-state index contributed by atoms with van der Waals surface area (Å²) in [5, 5.41) is 2.83. The molecule has 0 bridgehead atoms. The lowest BCUT2D eigenvalue weighted by atomic mass is 10.0. The van der Waals surface area contributed by atoms with Crippen LogP contribution in [-0.4, -0.2) is 45.4 Å². The number of amides is 1. The Morgan fingerprint density at radius 3 is 2.68 bits per heavy atom. The minimum Gasteiger partial charge on any atom is -0.490 e. The average molecular weight is 385 g/mol. The smallest absolute Gasteiger partial charge is 0.342 e. The number of rotatable bonds is 9. The zero-order valence-corrected chi connectivity index (χ0v) is 15.7. The van der Waals surface area contributed by atoms with Crippen LogP contribution in [0.1, 0.15) is 22.3 Å². The van der Waals surface area contributed by atoms with Gasteiger partial charge in [-0.2, -0.15) is 0 Å². The molecule has 28 heavy (non-hydrogen) atoms. The van der Waals surface area contributed by atoms with Crippen LogP contribution in [0, 0.1) is 0 Å². The van der Waals surface area contributed by atoms with Gasteiger partial charge in [0, 0.05) is 19.2 Å². The first kappa shape index (κ1) is 19.7. The molecule has 0 saturated carbocycles. The lowest BCUT2D eigenvalue weighted by molar-refractivity contribution is -0.116. The highest BCUT2D eigenvalue weighted by Crippen LogP contribution is 2.26. The number of fused-ring (bicyclic) bond motifs is 1. The maximum absolute atomic E-state index is 12.3. The molecule has 0 aromatic heterocycles. The van der Waals surface area contributed by atoms with Gasteiger partial charge in [-0.3, -0.25) is 4.79 Å². The number of aryl methyl sites for hydroxylation is 1. The monoisotopic (exact) mass is 385 g/mol. The first-order chi connectivity index (χ1) is 13.7. The van der Waals surface area contributed by atoms with Gasteiger partial charge in [0.1, 0.15) is 36.9 Å². The Balaban J connectivity index is 1.48. The van der Waals surface area contributed by atoms with E-state index in [-0.39, 0.29) is 19.1 Å². The molecule has 1 amide bonds. The van der Waals surface area contributed by atoms with Crippen molar-refractivity contribution in [3.05, 3.63) is 53.6 Å². The van der Waals surface area contributed by atoms with Crippen LogP contribution in [0.3, 0.4) is 0 Å². The summed E-state index contributed by atoms with van der Waals surface area (Å²) in [6, 6.07) is 12.4. The quantitative estimate of drug-likeness (QED) is 0.528. The Labute approximate surface area is 163 Å². The molecular weight excluding hydrogens is 362 g/mol. The molecule has 2 aromatic carbocycles. The van der Waals surface area contributed by atoms with Gasteiger partial charge in [-0.1, -0.05) is 12.1 Å². The third kappa shape index (κ3) is 5.23. The minimum atomic E-state index is -0.468. The zero-order valence-electron chi connectivity index (χ0n) is 15.7. The van der Waals surface area contributed by atoms with Crippen LogP contribution in [0.25, 0.3) is 0 Å². The number of nitrogens with one attached hydrogen (secondary N) is 1. The largest absolute Gasteiger partial charge is 0.490 e. The molecule has 0 aliphatic carbocycles. The normalized spacial score (nSPS) is 12.7. The van der Waals surface area contributed by atoms with Gasteiger partial charge in [-0.25, -0.2) is 4.79 Å². The van der Waals surface area contributed by atoms with E-state index < -0.39 is 5.97 Å². The van der Waals surface area contributed by atoms with Crippen LogP contribution in [0.15, 0.2) is 42.5 Å². The number of anilines is 1. The number of benzene rings is 2. The Hall–Kier alpha value is -3.06. The summed E-state index contributed by atoms with van der Waals surface area (Å²) in [7, 11) is 1.59. The third-order valence-electron chi connectivity index (χ3n) is 4.21. The van der Waals surface area contributed by atoms with Gasteiger partial charge in [0.05, 0.1) is 6.61 Å². The number of hydrogen-bond donors (Lipinski definition) is 1. The molecule has 0 saturated heterocycles. The van der Waals surface area contributed by atoms with Crippen molar-refractivity contribution < 1.29 is 28.5 Å². The lowest BCUT2D eigenvalue weighted by Gasteiger charge is -2.17. The summed E-state index contributed by atoms with van der Waals surface area (Å²) >= 11 is 0. The predicted molar refractivity (Wildman–Crippen MR) is 103 cm³/mol. The van der Waals surface area contributed by atoms with E-state index in [1.54, 1.807) is 37.4 Å². The molecule has 7 nitrogen and oxygen atoms in total. The molecule has 0 unspecified atom stereocenters. The van der Waals surface area contributed by atoms with E-state index in [2.05, 4.69) is 5.32 Å². The van der Waals surface area contributed by atoms with Crippen molar-refractivity contribution in [3.63, 3.8) is 0 Å². The summed E-state index contributed by atoms with van der Waals surface area (Å²) in [5.74, 6) is 0.695. The van der Waals surface area contributed by atoms with Crippen LogP contribution < -0.4 is 14.8 Å². The summed E-state index contributed by atoms with van der Waals surface area (Å²) < 4.78 is 21.4. The van der Waals surface area contributed by atoms with Gasteiger partial charge in [0.2, 0.25) is 5.91 Å². The molecule has 1 N–H and O–H groups in total. The van der Waals surface area contributed by atoms with Gasteiger partial charge >= 0.3 is 5.97 Å². The van der Waals surface area contributed by atoms with Crippen LogP contribution in [-0.2, 0) is 20.7 Å². The summed E-state index contributed by atoms with van der Waals surface area (Å²) in [4.78, 5) is 23.7. The highest BCUT2D eigenvalue weighted by atomic mass is 16.6. The zero-order chi connectivity index (χ0) is 19.8. The Morgan fingerprint density at radius 2 is 1.82 bits per heavy atom. The standard InChI is InChI=1S/C21H23NO6/c1-25-10-11-27-19-5-3-2-4-17(19)21(24)28-13-12-26-16-7-8-18-15(14-16)6-9-20(23)22-18/h2-5,7-8,14H,6,9-13H2,1H3,(H,22,23). The molecule has 0 spiro atoms. The van der Waals surface area contributed by atoms with Gasteiger partial charge in [-0.05, 0) is 42.3 Å². The van der Waals surface area contributed by atoms with Crippen LogP contribution in [0.5, 0.6) is 11.5 Å². The number of ether oxygens (including phenoxy) is 4. The summed E-state index contributed by atoms with van der Waals surface area (Å²) in [6.45, 7) is 1.12. The summed E-state index contributed by atoms with van der Waals surface area (Å²) in [5.41, 5.74) is 2.22. The lowest BCUT2D eigenvalue weighted by Crippen LogP contribution is -2.19. The fourth-order valence-corrected chi connectivity index (χ4v) is 2.82. The van der Waals surface area contributed by atoms with Crippen molar-refractivity contribution in [1.82, 2.24) is 0 Å². The van der Waals surface area contributed by atoms with E-state index in [9.17, 15) is 9.59 Å². The van der Waals surface area contributed by atoms with Crippen molar-refractivity contribution in [3.8, 4) is 11.5 Å². The van der Waals surface area contributed by atoms with Crippen molar-refractivity contribution in [1.29, 1.82) is 0 Å². The number of esters is 1. The molecule has 3 rings (SSSR count). The first-order valence-electron chi connectivity index (χ1n) is 9.11. The molecule has 2 aromatic rings. The van der Waals surface area contributed by atoms with Crippen LogP contribution in [0.2, 0.25) is 0 Å². The molecule has 0 fully saturated rings. The molecule has 7 heteroatoms. The molecule has 0 atom stereocenters. The van der Waals surface area contributed by atoms with Gasteiger partial charge in [0.15, 0.2) is 0 Å². The van der Waals surface area contributed by atoms with E-state index in [0.717, 1.165) is 11.3 Å². The SMILES string of the molecule is COCCOc1ccccc1C(=O)OCCOc1ccc2c(c1)CCC(=O)N2. The predicted octanol–water partition coefficient (Wildman–Crippen LogP) is 2.83. The number of carbonyl (C=O) groups excluding carboxylic acids is 2. The maximum Gasteiger partial charge on any atom is 0.342 e. The Kier molecular flexibility index (Phi) is 6.86. The second-order valence-electron chi connectivity index (χ2n) is 6.19. The third-order valence-corrected chi connectivity index (χ3v) is 4.21. The average Bonchev–Trinajstić information content (AvgIpc) is 2.71.